The number of piperidine rings is 1. The largest absolute Gasteiger partial charge is 0.392 e. The van der Waals surface area contributed by atoms with Gasteiger partial charge in [0.15, 0.2) is 0 Å². The van der Waals surface area contributed by atoms with Crippen LogP contribution in [0, 0.1) is 5.92 Å². The van der Waals surface area contributed by atoms with Gasteiger partial charge in [-0.25, -0.2) is 0 Å². The highest BCUT2D eigenvalue weighted by Crippen LogP contribution is 2.32. The lowest BCUT2D eigenvalue weighted by molar-refractivity contribution is 0.0166. The summed E-state index contributed by atoms with van der Waals surface area (Å²) in [5, 5.41) is 10.2. The molecule has 2 nitrogen and oxygen atoms in total. The molecule has 0 aromatic heterocycles. The first-order chi connectivity index (χ1) is 10.3. The summed E-state index contributed by atoms with van der Waals surface area (Å²) in [4.78, 5) is 2.41. The number of rotatable bonds is 3. The Balaban J connectivity index is 1.94. The molecule has 0 aliphatic carbocycles. The molecule has 2 heteroatoms. The molecular formula is C19H23NO. The minimum absolute atomic E-state index is 0.228. The first-order valence-corrected chi connectivity index (χ1v) is 7.77. The monoisotopic (exact) mass is 281 g/mol. The molecule has 0 radical (unpaired) electrons. The van der Waals surface area contributed by atoms with Crippen LogP contribution in [0.5, 0.6) is 0 Å². The predicted molar refractivity (Wildman–Crippen MR) is 86.1 cm³/mol. The Labute approximate surface area is 127 Å². The van der Waals surface area contributed by atoms with Crippen molar-refractivity contribution in [2.24, 2.45) is 5.92 Å². The van der Waals surface area contributed by atoms with Gasteiger partial charge in [-0.1, -0.05) is 67.6 Å². The van der Waals surface area contributed by atoms with E-state index in [4.69, 9.17) is 0 Å². The predicted octanol–water partition coefficient (Wildman–Crippen LogP) is 3.48. The molecule has 1 N–H and O–H groups in total. The molecule has 21 heavy (non-hydrogen) atoms. The molecule has 0 spiro atoms. The number of aliphatic hydroxyl groups is 1. The molecule has 110 valence electrons. The van der Waals surface area contributed by atoms with Gasteiger partial charge in [-0.2, -0.15) is 0 Å². The van der Waals surface area contributed by atoms with E-state index in [-0.39, 0.29) is 12.1 Å². The quantitative estimate of drug-likeness (QED) is 0.931. The zero-order chi connectivity index (χ0) is 14.7. The Bertz CT molecular complexity index is 515. The number of β-amino-alcohol motifs (C(OH)–C–C–N with tert-alkyl or cyclic N) is 1. The van der Waals surface area contributed by atoms with Crippen LogP contribution < -0.4 is 0 Å². The number of benzene rings is 2. The van der Waals surface area contributed by atoms with Crippen LogP contribution in [0.1, 0.15) is 30.5 Å². The van der Waals surface area contributed by atoms with Gasteiger partial charge in [-0.15, -0.1) is 0 Å². The molecule has 0 saturated carbocycles. The molecule has 1 saturated heterocycles. The van der Waals surface area contributed by atoms with Crippen molar-refractivity contribution in [1.29, 1.82) is 0 Å². The van der Waals surface area contributed by atoms with Crippen LogP contribution in [-0.2, 0) is 0 Å². The summed E-state index contributed by atoms with van der Waals surface area (Å²) < 4.78 is 0. The molecule has 1 fully saturated rings. The molecule has 2 aromatic rings. The zero-order valence-electron chi connectivity index (χ0n) is 12.5. The minimum Gasteiger partial charge on any atom is -0.392 e. The van der Waals surface area contributed by atoms with Crippen molar-refractivity contribution in [3.05, 3.63) is 71.8 Å². The average Bonchev–Trinajstić information content (AvgIpc) is 2.53. The number of likely N-dealkylation sites (tertiary alicyclic amines) is 1. The first-order valence-electron chi connectivity index (χ1n) is 7.77. The smallest absolute Gasteiger partial charge is 0.0693 e. The molecule has 2 unspecified atom stereocenters. The molecule has 3 rings (SSSR count). The second-order valence-electron chi connectivity index (χ2n) is 6.05. The highest BCUT2D eigenvalue weighted by molar-refractivity contribution is 5.32. The standard InChI is InChI=1S/C19H23NO/c1-15-12-13-20(14-18(15)21)19(16-8-4-2-5-9-16)17-10-6-3-7-11-17/h2-11,15,18-19,21H,12-14H2,1H3. The fourth-order valence-corrected chi connectivity index (χ4v) is 3.19. The van der Waals surface area contributed by atoms with Crippen molar-refractivity contribution in [2.45, 2.75) is 25.5 Å². The molecule has 1 aliphatic heterocycles. The zero-order valence-corrected chi connectivity index (χ0v) is 12.5. The van der Waals surface area contributed by atoms with Crippen LogP contribution in [-0.4, -0.2) is 29.2 Å². The lowest BCUT2D eigenvalue weighted by atomic mass is 9.91. The summed E-state index contributed by atoms with van der Waals surface area (Å²) in [5.41, 5.74) is 2.59. The molecule has 0 amide bonds. The van der Waals surface area contributed by atoms with Crippen molar-refractivity contribution >= 4 is 0 Å². The van der Waals surface area contributed by atoms with Crippen molar-refractivity contribution in [3.8, 4) is 0 Å². The second-order valence-corrected chi connectivity index (χ2v) is 6.05. The second kappa shape index (κ2) is 6.42. The number of hydrogen-bond acceptors (Lipinski definition) is 2. The van der Waals surface area contributed by atoms with E-state index < -0.39 is 0 Å². The number of nitrogens with zero attached hydrogens (tertiary/aromatic N) is 1. The fraction of sp³-hybridized carbons (Fsp3) is 0.368. The topological polar surface area (TPSA) is 23.5 Å². The first kappa shape index (κ1) is 14.3. The Morgan fingerprint density at radius 1 is 0.952 bits per heavy atom. The maximum Gasteiger partial charge on any atom is 0.0693 e. The van der Waals surface area contributed by atoms with Crippen LogP contribution in [0.4, 0.5) is 0 Å². The Kier molecular flexibility index (Phi) is 4.37. The summed E-state index contributed by atoms with van der Waals surface area (Å²) >= 11 is 0. The van der Waals surface area contributed by atoms with E-state index in [1.54, 1.807) is 0 Å². The highest BCUT2D eigenvalue weighted by Gasteiger charge is 2.30. The summed E-state index contributed by atoms with van der Waals surface area (Å²) in [6.07, 6.45) is 0.825. The lowest BCUT2D eigenvalue weighted by Crippen LogP contribution is -2.44. The van der Waals surface area contributed by atoms with Gasteiger partial charge >= 0.3 is 0 Å². The van der Waals surface area contributed by atoms with Crippen LogP contribution in [0.2, 0.25) is 0 Å². The van der Waals surface area contributed by atoms with E-state index in [0.717, 1.165) is 19.5 Å². The van der Waals surface area contributed by atoms with Crippen LogP contribution in [0.3, 0.4) is 0 Å². The maximum absolute atomic E-state index is 10.2. The molecule has 0 bridgehead atoms. The van der Waals surface area contributed by atoms with Crippen LogP contribution >= 0.6 is 0 Å². The Morgan fingerprint density at radius 2 is 1.48 bits per heavy atom. The van der Waals surface area contributed by atoms with Gasteiger partial charge in [0.05, 0.1) is 12.1 Å². The van der Waals surface area contributed by atoms with E-state index in [1.807, 2.05) is 0 Å². The van der Waals surface area contributed by atoms with Gasteiger partial charge in [-0.3, -0.25) is 4.90 Å². The maximum atomic E-state index is 10.2. The van der Waals surface area contributed by atoms with Gasteiger partial charge in [-0.05, 0) is 30.0 Å². The summed E-state index contributed by atoms with van der Waals surface area (Å²) in [6.45, 7) is 3.92. The van der Waals surface area contributed by atoms with E-state index in [0.29, 0.717) is 5.92 Å². The van der Waals surface area contributed by atoms with Gasteiger partial charge in [0, 0.05) is 6.54 Å². The average molecular weight is 281 g/mol. The molecule has 2 atom stereocenters. The van der Waals surface area contributed by atoms with Crippen LogP contribution in [0.15, 0.2) is 60.7 Å². The third-order valence-corrected chi connectivity index (χ3v) is 4.55. The van der Waals surface area contributed by atoms with E-state index in [9.17, 15) is 5.11 Å². The summed E-state index contributed by atoms with van der Waals surface area (Å²) in [5.74, 6) is 0.397. The number of aliphatic hydroxyl groups excluding tert-OH is 1. The molecule has 1 aliphatic rings. The third kappa shape index (κ3) is 3.17. The normalized spacial score (nSPS) is 23.4. The van der Waals surface area contributed by atoms with Gasteiger partial charge in [0.25, 0.3) is 0 Å². The van der Waals surface area contributed by atoms with Crippen molar-refractivity contribution in [2.75, 3.05) is 13.1 Å². The van der Waals surface area contributed by atoms with Gasteiger partial charge in [0.1, 0.15) is 0 Å². The van der Waals surface area contributed by atoms with Crippen molar-refractivity contribution in [1.82, 2.24) is 4.90 Å². The number of hydrogen-bond donors (Lipinski definition) is 1. The van der Waals surface area contributed by atoms with Crippen LogP contribution in [0.25, 0.3) is 0 Å². The summed E-state index contributed by atoms with van der Waals surface area (Å²) in [6, 6.07) is 21.4. The molecule has 1 heterocycles. The Hall–Kier alpha value is -1.64. The molecular weight excluding hydrogens is 258 g/mol. The SMILES string of the molecule is CC1CCN(C(c2ccccc2)c2ccccc2)CC1O. The molecule has 2 aromatic carbocycles. The lowest BCUT2D eigenvalue weighted by Gasteiger charge is -2.39. The van der Waals surface area contributed by atoms with E-state index in [1.165, 1.54) is 11.1 Å². The van der Waals surface area contributed by atoms with Crippen molar-refractivity contribution in [3.63, 3.8) is 0 Å². The minimum atomic E-state index is -0.228. The van der Waals surface area contributed by atoms with Gasteiger partial charge in [0.2, 0.25) is 0 Å². The van der Waals surface area contributed by atoms with E-state index in [2.05, 4.69) is 72.5 Å². The fourth-order valence-electron chi connectivity index (χ4n) is 3.19. The summed E-state index contributed by atoms with van der Waals surface area (Å²) in [7, 11) is 0. The Morgan fingerprint density at radius 3 is 1.95 bits per heavy atom. The van der Waals surface area contributed by atoms with E-state index >= 15 is 0 Å². The van der Waals surface area contributed by atoms with Crippen molar-refractivity contribution < 1.29 is 5.11 Å². The third-order valence-electron chi connectivity index (χ3n) is 4.55. The van der Waals surface area contributed by atoms with Gasteiger partial charge < -0.3 is 5.11 Å². The highest BCUT2D eigenvalue weighted by atomic mass is 16.3.